The number of benzene rings is 2. The van der Waals surface area contributed by atoms with Gasteiger partial charge in [-0.05, 0) is 55.9 Å². The fourth-order valence-electron chi connectivity index (χ4n) is 2.62. The standard InChI is InChI=1S/C21H22N4O3S/c1-15-6-8-17(9-7-15)21(26)25-18-5-3-4-16(12-18)13-23-20-11-10-19(14-24-20)29(27,28)22-2/h3-12,14,22H,13H2,1-2H3,(H,23,24)(H,25,26). The Balaban J connectivity index is 1.62. The predicted molar refractivity (Wildman–Crippen MR) is 113 cm³/mol. The van der Waals surface area contributed by atoms with Crippen LogP contribution in [0.15, 0.2) is 71.8 Å². The SMILES string of the molecule is CNS(=O)(=O)c1ccc(NCc2cccc(NC(=O)c3ccc(C)cc3)c2)nc1. The number of nitrogens with zero attached hydrogens (tertiary/aromatic N) is 1. The van der Waals surface area contributed by atoms with Crippen molar-refractivity contribution in [3.63, 3.8) is 0 Å². The third-order valence-electron chi connectivity index (χ3n) is 4.29. The lowest BCUT2D eigenvalue weighted by Gasteiger charge is -2.10. The van der Waals surface area contributed by atoms with Crippen molar-refractivity contribution >= 4 is 27.4 Å². The van der Waals surface area contributed by atoms with E-state index < -0.39 is 10.0 Å². The molecule has 3 rings (SSSR count). The Morgan fingerprint density at radius 1 is 1.03 bits per heavy atom. The lowest BCUT2D eigenvalue weighted by molar-refractivity contribution is 0.102. The van der Waals surface area contributed by atoms with Crippen molar-refractivity contribution in [1.82, 2.24) is 9.71 Å². The lowest BCUT2D eigenvalue weighted by Crippen LogP contribution is -2.18. The molecule has 0 aliphatic carbocycles. The third-order valence-corrected chi connectivity index (χ3v) is 5.69. The molecule has 1 amide bonds. The number of amides is 1. The number of rotatable bonds is 7. The van der Waals surface area contributed by atoms with Crippen LogP contribution in [0.3, 0.4) is 0 Å². The maximum atomic E-state index is 12.4. The highest BCUT2D eigenvalue weighted by Gasteiger charge is 2.11. The van der Waals surface area contributed by atoms with Crippen molar-refractivity contribution in [3.8, 4) is 0 Å². The summed E-state index contributed by atoms with van der Waals surface area (Å²) in [6, 6.07) is 18.0. The van der Waals surface area contributed by atoms with Gasteiger partial charge < -0.3 is 10.6 Å². The first-order chi connectivity index (χ1) is 13.9. The number of nitrogens with one attached hydrogen (secondary N) is 3. The zero-order valence-corrected chi connectivity index (χ0v) is 17.0. The number of pyridine rings is 1. The first kappa shape index (κ1) is 20.5. The minimum atomic E-state index is -3.51. The molecule has 1 aromatic heterocycles. The Morgan fingerprint density at radius 3 is 2.45 bits per heavy atom. The molecule has 0 aliphatic rings. The Bertz CT molecular complexity index is 1100. The number of aromatic nitrogens is 1. The molecular formula is C21H22N4O3S. The number of aryl methyl sites for hydroxylation is 1. The van der Waals surface area contributed by atoms with Gasteiger partial charge in [0.2, 0.25) is 10.0 Å². The summed E-state index contributed by atoms with van der Waals surface area (Å²) in [5.74, 6) is 0.382. The highest BCUT2D eigenvalue weighted by atomic mass is 32.2. The molecule has 0 saturated carbocycles. The topological polar surface area (TPSA) is 100 Å². The summed E-state index contributed by atoms with van der Waals surface area (Å²) in [4.78, 5) is 16.6. The molecule has 150 valence electrons. The van der Waals surface area contributed by atoms with Crippen LogP contribution in [-0.4, -0.2) is 26.4 Å². The van der Waals surface area contributed by atoms with Gasteiger partial charge in [-0.1, -0.05) is 29.8 Å². The van der Waals surface area contributed by atoms with Crippen LogP contribution < -0.4 is 15.4 Å². The van der Waals surface area contributed by atoms with Gasteiger partial charge in [0.05, 0.1) is 0 Å². The van der Waals surface area contributed by atoms with E-state index in [0.717, 1.165) is 11.1 Å². The molecule has 29 heavy (non-hydrogen) atoms. The average molecular weight is 410 g/mol. The van der Waals surface area contributed by atoms with E-state index in [9.17, 15) is 13.2 Å². The number of anilines is 2. The number of sulfonamides is 1. The van der Waals surface area contributed by atoms with Crippen molar-refractivity contribution in [2.24, 2.45) is 0 Å². The molecular weight excluding hydrogens is 388 g/mol. The van der Waals surface area contributed by atoms with Crippen LogP contribution in [0.5, 0.6) is 0 Å². The summed E-state index contributed by atoms with van der Waals surface area (Å²) in [5, 5.41) is 6.03. The van der Waals surface area contributed by atoms with Crippen LogP contribution in [-0.2, 0) is 16.6 Å². The normalized spacial score (nSPS) is 11.1. The first-order valence-corrected chi connectivity index (χ1v) is 10.5. The molecule has 0 aliphatic heterocycles. The summed E-state index contributed by atoms with van der Waals surface area (Å²) in [7, 11) is -2.15. The maximum absolute atomic E-state index is 12.4. The molecule has 0 saturated heterocycles. The summed E-state index contributed by atoms with van der Waals surface area (Å²) in [6.45, 7) is 2.44. The summed E-state index contributed by atoms with van der Waals surface area (Å²) >= 11 is 0. The van der Waals surface area contributed by atoms with Gasteiger partial charge in [0, 0.05) is 24.0 Å². The van der Waals surface area contributed by atoms with Crippen molar-refractivity contribution in [2.45, 2.75) is 18.4 Å². The van der Waals surface area contributed by atoms with Crippen molar-refractivity contribution in [1.29, 1.82) is 0 Å². The molecule has 3 N–H and O–H groups in total. The van der Waals surface area contributed by atoms with Crippen LogP contribution in [0.25, 0.3) is 0 Å². The van der Waals surface area contributed by atoms with Crippen molar-refractivity contribution in [3.05, 3.63) is 83.6 Å². The van der Waals surface area contributed by atoms with E-state index in [1.54, 1.807) is 18.2 Å². The molecule has 0 atom stereocenters. The smallest absolute Gasteiger partial charge is 0.255 e. The molecule has 0 bridgehead atoms. The quantitative estimate of drug-likeness (QED) is 0.556. The molecule has 0 radical (unpaired) electrons. The van der Waals surface area contributed by atoms with Crippen molar-refractivity contribution in [2.75, 3.05) is 17.7 Å². The average Bonchev–Trinajstić information content (AvgIpc) is 2.73. The Labute approximate surface area is 170 Å². The minimum Gasteiger partial charge on any atom is -0.366 e. The van der Waals surface area contributed by atoms with Crippen LogP contribution in [0.1, 0.15) is 21.5 Å². The molecule has 0 spiro atoms. The molecule has 0 fully saturated rings. The van der Waals surface area contributed by atoms with Crippen molar-refractivity contribution < 1.29 is 13.2 Å². The first-order valence-electron chi connectivity index (χ1n) is 8.98. The molecule has 0 unspecified atom stereocenters. The highest BCUT2D eigenvalue weighted by Crippen LogP contribution is 2.15. The monoisotopic (exact) mass is 410 g/mol. The van der Waals surface area contributed by atoms with Crippen LogP contribution >= 0.6 is 0 Å². The highest BCUT2D eigenvalue weighted by molar-refractivity contribution is 7.89. The molecule has 2 aromatic carbocycles. The maximum Gasteiger partial charge on any atom is 0.255 e. The van der Waals surface area contributed by atoms with E-state index in [1.807, 2.05) is 43.3 Å². The van der Waals surface area contributed by atoms with E-state index >= 15 is 0 Å². The molecule has 1 heterocycles. The zero-order chi connectivity index (χ0) is 20.9. The largest absolute Gasteiger partial charge is 0.366 e. The number of hydrogen-bond acceptors (Lipinski definition) is 5. The molecule has 7 nitrogen and oxygen atoms in total. The second-order valence-corrected chi connectivity index (χ2v) is 8.35. The fraction of sp³-hybridized carbons (Fsp3) is 0.143. The second-order valence-electron chi connectivity index (χ2n) is 6.46. The van der Waals surface area contributed by atoms with E-state index in [-0.39, 0.29) is 10.8 Å². The molecule has 8 heteroatoms. The van der Waals surface area contributed by atoms with E-state index in [0.29, 0.717) is 23.6 Å². The van der Waals surface area contributed by atoms with Gasteiger partial charge in [0.15, 0.2) is 0 Å². The third kappa shape index (κ3) is 5.40. The summed E-state index contributed by atoms with van der Waals surface area (Å²) < 4.78 is 25.7. The van der Waals surface area contributed by atoms with Gasteiger partial charge in [-0.15, -0.1) is 0 Å². The van der Waals surface area contributed by atoms with E-state index in [1.165, 1.54) is 19.3 Å². The van der Waals surface area contributed by atoms with Gasteiger partial charge in [-0.3, -0.25) is 4.79 Å². The number of carbonyl (C=O) groups excluding carboxylic acids is 1. The lowest BCUT2D eigenvalue weighted by atomic mass is 10.1. The Hall–Kier alpha value is -3.23. The fourth-order valence-corrected chi connectivity index (χ4v) is 3.30. The van der Waals surface area contributed by atoms with Gasteiger partial charge >= 0.3 is 0 Å². The summed E-state index contributed by atoms with van der Waals surface area (Å²) in [5.41, 5.74) is 3.33. The Morgan fingerprint density at radius 2 is 1.79 bits per heavy atom. The molecule has 3 aromatic rings. The van der Waals surface area contributed by atoms with E-state index in [2.05, 4.69) is 20.3 Å². The van der Waals surface area contributed by atoms with Crippen LogP contribution in [0.4, 0.5) is 11.5 Å². The Kier molecular flexibility index (Phi) is 6.26. The van der Waals surface area contributed by atoms with Gasteiger partial charge in [0.1, 0.15) is 10.7 Å². The minimum absolute atomic E-state index is 0.103. The van der Waals surface area contributed by atoms with Crippen LogP contribution in [0, 0.1) is 6.92 Å². The number of hydrogen-bond donors (Lipinski definition) is 3. The van der Waals surface area contributed by atoms with Gasteiger partial charge in [-0.2, -0.15) is 0 Å². The van der Waals surface area contributed by atoms with Gasteiger partial charge in [0.25, 0.3) is 5.91 Å². The van der Waals surface area contributed by atoms with E-state index in [4.69, 9.17) is 0 Å². The second kappa shape index (κ2) is 8.85. The predicted octanol–water partition coefficient (Wildman–Crippen LogP) is 3.16. The zero-order valence-electron chi connectivity index (χ0n) is 16.1. The summed E-state index contributed by atoms with van der Waals surface area (Å²) in [6.07, 6.45) is 1.30. The van der Waals surface area contributed by atoms with Gasteiger partial charge in [-0.25, -0.2) is 18.1 Å². The van der Waals surface area contributed by atoms with Crippen LogP contribution in [0.2, 0.25) is 0 Å². The number of carbonyl (C=O) groups is 1.